The zero-order valence-electron chi connectivity index (χ0n) is 16.7. The van der Waals surface area contributed by atoms with Gasteiger partial charge in [-0.05, 0) is 31.5 Å². The average Bonchev–Trinajstić information content (AvgIpc) is 3.28. The molecule has 0 unspecified atom stereocenters. The van der Waals surface area contributed by atoms with E-state index in [1.54, 1.807) is 11.0 Å². The molecule has 2 aromatic rings. The first-order valence-corrected chi connectivity index (χ1v) is 10.3. The van der Waals surface area contributed by atoms with Gasteiger partial charge in [0.05, 0.1) is 24.4 Å². The summed E-state index contributed by atoms with van der Waals surface area (Å²) in [6.45, 7) is 7.44. The van der Waals surface area contributed by atoms with Gasteiger partial charge < -0.3 is 19.5 Å². The standard InChI is InChI=1S/C21H27FN4O3/c1-2-25-17-6-5-15(22)14-16(17)19(26-8-3-4-18(26)27)20(25)21(28)23-7-9-24-10-12-29-13-11-24/h5-6,14H,2-4,7-13H2,1H3,(H,23,28). The summed E-state index contributed by atoms with van der Waals surface area (Å²) >= 11 is 0. The van der Waals surface area contributed by atoms with Crippen molar-refractivity contribution >= 4 is 28.4 Å². The van der Waals surface area contributed by atoms with Crippen molar-refractivity contribution in [1.82, 2.24) is 14.8 Å². The molecular weight excluding hydrogens is 375 g/mol. The van der Waals surface area contributed by atoms with Crippen molar-refractivity contribution in [3.63, 3.8) is 0 Å². The number of rotatable bonds is 6. The van der Waals surface area contributed by atoms with Crippen molar-refractivity contribution in [3.8, 4) is 0 Å². The molecule has 0 bridgehead atoms. The van der Waals surface area contributed by atoms with E-state index in [0.29, 0.717) is 56.0 Å². The molecule has 3 heterocycles. The van der Waals surface area contributed by atoms with Crippen LogP contribution in [0.3, 0.4) is 0 Å². The molecule has 4 rings (SSSR count). The molecule has 0 atom stereocenters. The number of benzene rings is 1. The van der Waals surface area contributed by atoms with Crippen molar-refractivity contribution in [2.24, 2.45) is 0 Å². The van der Waals surface area contributed by atoms with Crippen molar-refractivity contribution < 1.29 is 18.7 Å². The minimum atomic E-state index is -0.377. The van der Waals surface area contributed by atoms with Crippen LogP contribution in [0, 0.1) is 5.82 Å². The van der Waals surface area contributed by atoms with Gasteiger partial charge in [0.2, 0.25) is 5.91 Å². The minimum absolute atomic E-state index is 0.0215. The summed E-state index contributed by atoms with van der Waals surface area (Å²) in [4.78, 5) is 29.6. The molecule has 2 aliphatic heterocycles. The molecule has 0 saturated carbocycles. The van der Waals surface area contributed by atoms with E-state index in [9.17, 15) is 14.0 Å². The van der Waals surface area contributed by atoms with Crippen molar-refractivity contribution in [2.75, 3.05) is 50.8 Å². The summed E-state index contributed by atoms with van der Waals surface area (Å²) in [7, 11) is 0. The lowest BCUT2D eigenvalue weighted by atomic mass is 10.2. The molecule has 2 fully saturated rings. The van der Waals surface area contributed by atoms with E-state index in [4.69, 9.17) is 4.74 Å². The molecule has 0 aliphatic carbocycles. The lowest BCUT2D eigenvalue weighted by Gasteiger charge is -2.26. The SMILES string of the molecule is CCn1c(C(=O)NCCN2CCOCC2)c(N2CCCC2=O)c2cc(F)ccc21. The summed E-state index contributed by atoms with van der Waals surface area (Å²) in [5.41, 5.74) is 1.74. The summed E-state index contributed by atoms with van der Waals surface area (Å²) < 4.78 is 21.3. The Balaban J connectivity index is 1.66. The highest BCUT2D eigenvalue weighted by Gasteiger charge is 2.31. The Morgan fingerprint density at radius 1 is 1.24 bits per heavy atom. The Hall–Kier alpha value is -2.45. The lowest BCUT2D eigenvalue weighted by molar-refractivity contribution is -0.117. The van der Waals surface area contributed by atoms with Gasteiger partial charge in [-0.15, -0.1) is 0 Å². The van der Waals surface area contributed by atoms with E-state index in [-0.39, 0.29) is 17.6 Å². The third-order valence-corrected chi connectivity index (χ3v) is 5.69. The zero-order chi connectivity index (χ0) is 20.4. The molecule has 2 aliphatic rings. The lowest BCUT2D eigenvalue weighted by Crippen LogP contribution is -2.41. The van der Waals surface area contributed by atoms with Crippen LogP contribution in [0.15, 0.2) is 18.2 Å². The molecule has 1 N–H and O–H groups in total. The fraction of sp³-hybridized carbons (Fsp3) is 0.524. The second-order valence-corrected chi connectivity index (χ2v) is 7.46. The summed E-state index contributed by atoms with van der Waals surface area (Å²) in [5, 5.41) is 3.61. The first-order chi connectivity index (χ1) is 14.1. The van der Waals surface area contributed by atoms with Crippen LogP contribution in [0.4, 0.5) is 10.1 Å². The maximum atomic E-state index is 14.0. The summed E-state index contributed by atoms with van der Waals surface area (Å²) in [5.74, 6) is -0.629. The molecule has 2 amide bonds. The third-order valence-electron chi connectivity index (χ3n) is 5.69. The van der Waals surface area contributed by atoms with Gasteiger partial charge in [0.15, 0.2) is 0 Å². The molecular formula is C21H27FN4O3. The van der Waals surface area contributed by atoms with Crippen LogP contribution in [-0.2, 0) is 16.1 Å². The van der Waals surface area contributed by atoms with Gasteiger partial charge in [0.25, 0.3) is 5.91 Å². The summed E-state index contributed by atoms with van der Waals surface area (Å²) in [6.07, 6.45) is 1.19. The van der Waals surface area contributed by atoms with Crippen LogP contribution in [0.2, 0.25) is 0 Å². The Labute approximate surface area is 169 Å². The van der Waals surface area contributed by atoms with Crippen molar-refractivity contribution in [3.05, 3.63) is 29.7 Å². The Morgan fingerprint density at radius 2 is 2.03 bits per heavy atom. The normalized spacial score (nSPS) is 18.0. The smallest absolute Gasteiger partial charge is 0.270 e. The largest absolute Gasteiger partial charge is 0.379 e. The number of halogens is 1. The third kappa shape index (κ3) is 3.86. The fourth-order valence-corrected chi connectivity index (χ4v) is 4.26. The van der Waals surface area contributed by atoms with Crippen LogP contribution in [0.5, 0.6) is 0 Å². The highest BCUT2D eigenvalue weighted by atomic mass is 19.1. The Bertz CT molecular complexity index is 920. The van der Waals surface area contributed by atoms with E-state index in [0.717, 1.165) is 31.6 Å². The second kappa shape index (κ2) is 8.51. The summed E-state index contributed by atoms with van der Waals surface area (Å²) in [6, 6.07) is 4.50. The number of ether oxygens (including phenoxy) is 1. The number of aromatic nitrogens is 1. The number of carbonyl (C=O) groups is 2. The van der Waals surface area contributed by atoms with Crippen LogP contribution in [0.1, 0.15) is 30.3 Å². The monoisotopic (exact) mass is 402 g/mol. The van der Waals surface area contributed by atoms with Gasteiger partial charge in [-0.3, -0.25) is 14.5 Å². The van der Waals surface area contributed by atoms with E-state index < -0.39 is 0 Å². The number of anilines is 1. The highest BCUT2D eigenvalue weighted by Crippen LogP contribution is 2.37. The van der Waals surface area contributed by atoms with Gasteiger partial charge in [0, 0.05) is 51.1 Å². The molecule has 1 aromatic carbocycles. The average molecular weight is 402 g/mol. The van der Waals surface area contributed by atoms with Gasteiger partial charge >= 0.3 is 0 Å². The quantitative estimate of drug-likeness (QED) is 0.803. The number of hydrogen-bond acceptors (Lipinski definition) is 4. The number of amides is 2. The van der Waals surface area contributed by atoms with Gasteiger partial charge in [-0.2, -0.15) is 0 Å². The fourth-order valence-electron chi connectivity index (χ4n) is 4.26. The molecule has 2 saturated heterocycles. The first-order valence-electron chi connectivity index (χ1n) is 10.3. The Morgan fingerprint density at radius 3 is 2.72 bits per heavy atom. The van der Waals surface area contributed by atoms with E-state index in [2.05, 4.69) is 10.2 Å². The van der Waals surface area contributed by atoms with E-state index in [1.165, 1.54) is 12.1 Å². The minimum Gasteiger partial charge on any atom is -0.379 e. The number of morpholine rings is 1. The Kier molecular flexibility index (Phi) is 5.82. The predicted molar refractivity (Wildman–Crippen MR) is 109 cm³/mol. The maximum Gasteiger partial charge on any atom is 0.270 e. The van der Waals surface area contributed by atoms with Crippen LogP contribution in [-0.4, -0.2) is 67.2 Å². The number of nitrogens with one attached hydrogen (secondary N) is 1. The number of hydrogen-bond donors (Lipinski definition) is 1. The van der Waals surface area contributed by atoms with Gasteiger partial charge in [-0.25, -0.2) is 4.39 Å². The molecule has 7 nitrogen and oxygen atoms in total. The first kappa shape index (κ1) is 19.8. The van der Waals surface area contributed by atoms with Crippen molar-refractivity contribution in [1.29, 1.82) is 0 Å². The van der Waals surface area contributed by atoms with E-state index in [1.807, 2.05) is 11.5 Å². The van der Waals surface area contributed by atoms with Crippen LogP contribution < -0.4 is 10.2 Å². The predicted octanol–water partition coefficient (Wildman–Crippen LogP) is 1.99. The van der Waals surface area contributed by atoms with Crippen LogP contribution in [0.25, 0.3) is 10.9 Å². The number of carbonyl (C=O) groups excluding carboxylic acids is 2. The van der Waals surface area contributed by atoms with Gasteiger partial charge in [-0.1, -0.05) is 0 Å². The topological polar surface area (TPSA) is 66.8 Å². The molecule has 8 heteroatoms. The molecule has 29 heavy (non-hydrogen) atoms. The maximum absolute atomic E-state index is 14.0. The molecule has 0 radical (unpaired) electrons. The van der Waals surface area contributed by atoms with Crippen molar-refractivity contribution in [2.45, 2.75) is 26.3 Å². The number of aryl methyl sites for hydroxylation is 1. The number of nitrogens with zero attached hydrogens (tertiary/aromatic N) is 3. The zero-order valence-corrected chi connectivity index (χ0v) is 16.7. The highest BCUT2D eigenvalue weighted by molar-refractivity contribution is 6.14. The molecule has 1 aromatic heterocycles. The van der Waals surface area contributed by atoms with E-state index >= 15 is 0 Å². The molecule has 156 valence electrons. The van der Waals surface area contributed by atoms with Gasteiger partial charge in [0.1, 0.15) is 11.5 Å². The second-order valence-electron chi connectivity index (χ2n) is 7.46. The van der Waals surface area contributed by atoms with Crippen LogP contribution >= 0.6 is 0 Å². The molecule has 0 spiro atoms. The number of fused-ring (bicyclic) bond motifs is 1.